The normalized spacial score (nSPS) is 16.6. The number of piperidine rings is 1. The Morgan fingerprint density at radius 3 is 2.15 bits per heavy atom. The molecule has 1 nitrogen and oxygen atoms in total. The van der Waals surface area contributed by atoms with E-state index in [0.717, 1.165) is 19.0 Å². The van der Waals surface area contributed by atoms with Gasteiger partial charge in [-0.3, -0.25) is 0 Å². The van der Waals surface area contributed by atoms with Crippen LogP contribution in [0.25, 0.3) is 17.2 Å². The molecule has 0 bridgehead atoms. The molecule has 3 rings (SSSR count). The predicted molar refractivity (Wildman–Crippen MR) is 86.5 cm³/mol. The van der Waals surface area contributed by atoms with Crippen molar-refractivity contribution in [3.8, 4) is 11.1 Å². The van der Waals surface area contributed by atoms with Crippen molar-refractivity contribution in [3.63, 3.8) is 0 Å². The van der Waals surface area contributed by atoms with Crippen molar-refractivity contribution in [1.82, 2.24) is 5.32 Å². The lowest BCUT2D eigenvalue weighted by molar-refractivity contribution is 0.438. The zero-order valence-electron chi connectivity index (χ0n) is 11.8. The van der Waals surface area contributed by atoms with Crippen LogP contribution in [-0.2, 0) is 0 Å². The fraction of sp³-hybridized carbons (Fsp3) is 0.263. The number of hydrogen-bond acceptors (Lipinski definition) is 1. The molecule has 0 saturated carbocycles. The van der Waals surface area contributed by atoms with E-state index in [1.807, 2.05) is 0 Å². The lowest BCUT2D eigenvalue weighted by Gasteiger charge is -2.19. The van der Waals surface area contributed by atoms with Crippen LogP contribution in [0.1, 0.15) is 18.4 Å². The summed E-state index contributed by atoms with van der Waals surface area (Å²) < 4.78 is 0. The van der Waals surface area contributed by atoms with E-state index in [0.29, 0.717) is 0 Å². The third-order valence-corrected chi connectivity index (χ3v) is 3.96. The van der Waals surface area contributed by atoms with Crippen molar-refractivity contribution in [1.29, 1.82) is 0 Å². The minimum Gasteiger partial charge on any atom is -0.317 e. The average Bonchev–Trinajstić information content (AvgIpc) is 2.55. The van der Waals surface area contributed by atoms with Gasteiger partial charge in [0.1, 0.15) is 0 Å². The second-order valence-corrected chi connectivity index (χ2v) is 5.43. The molecule has 20 heavy (non-hydrogen) atoms. The standard InChI is InChI=1S/C19H21N/c1-2-4-18(5-3-1)19-10-8-16(9-11-19)6-7-17-12-14-20-15-13-17/h1-11,17,20H,12-15H2. The average molecular weight is 263 g/mol. The molecule has 0 unspecified atom stereocenters. The van der Waals surface area contributed by atoms with Gasteiger partial charge in [0.15, 0.2) is 0 Å². The second-order valence-electron chi connectivity index (χ2n) is 5.43. The third-order valence-electron chi connectivity index (χ3n) is 3.96. The van der Waals surface area contributed by atoms with Crippen LogP contribution in [-0.4, -0.2) is 13.1 Å². The molecule has 0 radical (unpaired) electrons. The van der Waals surface area contributed by atoms with Crippen molar-refractivity contribution in [2.24, 2.45) is 5.92 Å². The molecule has 0 atom stereocenters. The molecule has 0 spiro atoms. The van der Waals surface area contributed by atoms with E-state index in [9.17, 15) is 0 Å². The van der Waals surface area contributed by atoms with Crippen LogP contribution in [0.3, 0.4) is 0 Å². The Hall–Kier alpha value is -1.86. The second kappa shape index (κ2) is 6.53. The summed E-state index contributed by atoms with van der Waals surface area (Å²) in [6.45, 7) is 2.31. The first kappa shape index (κ1) is 13.1. The fourth-order valence-electron chi connectivity index (χ4n) is 2.70. The van der Waals surface area contributed by atoms with Crippen molar-refractivity contribution < 1.29 is 0 Å². The Morgan fingerprint density at radius 1 is 0.800 bits per heavy atom. The Morgan fingerprint density at radius 2 is 1.45 bits per heavy atom. The first-order valence-electron chi connectivity index (χ1n) is 7.46. The Kier molecular flexibility index (Phi) is 4.29. The zero-order chi connectivity index (χ0) is 13.6. The van der Waals surface area contributed by atoms with Crippen LogP contribution in [0, 0.1) is 5.92 Å². The quantitative estimate of drug-likeness (QED) is 0.867. The van der Waals surface area contributed by atoms with Crippen LogP contribution in [0.2, 0.25) is 0 Å². The number of benzene rings is 2. The van der Waals surface area contributed by atoms with Crippen molar-refractivity contribution in [2.75, 3.05) is 13.1 Å². The maximum absolute atomic E-state index is 3.40. The lowest BCUT2D eigenvalue weighted by atomic mass is 9.96. The van der Waals surface area contributed by atoms with Gasteiger partial charge >= 0.3 is 0 Å². The van der Waals surface area contributed by atoms with Crippen LogP contribution in [0.5, 0.6) is 0 Å². The van der Waals surface area contributed by atoms with Crippen molar-refractivity contribution in [3.05, 3.63) is 66.2 Å². The summed E-state index contributed by atoms with van der Waals surface area (Å²) in [7, 11) is 0. The Balaban J connectivity index is 1.68. The van der Waals surface area contributed by atoms with E-state index in [-0.39, 0.29) is 0 Å². The first-order valence-corrected chi connectivity index (χ1v) is 7.46. The smallest absolute Gasteiger partial charge is 0.00433 e. The van der Waals surface area contributed by atoms with Gasteiger partial charge in [0.25, 0.3) is 0 Å². The molecule has 1 N–H and O–H groups in total. The topological polar surface area (TPSA) is 12.0 Å². The maximum Gasteiger partial charge on any atom is -0.00433 e. The van der Waals surface area contributed by atoms with Gasteiger partial charge in [0.2, 0.25) is 0 Å². The maximum atomic E-state index is 3.40. The molecule has 1 heterocycles. The van der Waals surface area contributed by atoms with E-state index in [1.165, 1.54) is 29.5 Å². The van der Waals surface area contributed by atoms with Gasteiger partial charge in [-0.05, 0) is 48.5 Å². The molecule has 2 aromatic carbocycles. The van der Waals surface area contributed by atoms with E-state index in [4.69, 9.17) is 0 Å². The van der Waals surface area contributed by atoms with Gasteiger partial charge in [-0.25, -0.2) is 0 Å². The van der Waals surface area contributed by atoms with Crippen molar-refractivity contribution >= 4 is 6.08 Å². The zero-order valence-corrected chi connectivity index (χ0v) is 11.8. The molecule has 0 aliphatic carbocycles. The van der Waals surface area contributed by atoms with Crippen molar-refractivity contribution in [2.45, 2.75) is 12.8 Å². The SMILES string of the molecule is C(=CC1CCNCC1)c1ccc(-c2ccccc2)cc1. The first-order chi connectivity index (χ1) is 9.92. The minimum absolute atomic E-state index is 0.741. The van der Waals surface area contributed by atoms with Crippen LogP contribution < -0.4 is 5.32 Å². The fourth-order valence-corrected chi connectivity index (χ4v) is 2.70. The van der Waals surface area contributed by atoms with E-state index < -0.39 is 0 Å². The molecule has 102 valence electrons. The van der Waals surface area contributed by atoms with E-state index >= 15 is 0 Å². The van der Waals surface area contributed by atoms with Gasteiger partial charge in [-0.1, -0.05) is 66.7 Å². The minimum atomic E-state index is 0.741. The van der Waals surface area contributed by atoms with E-state index in [2.05, 4.69) is 72.1 Å². The molecule has 1 fully saturated rings. The van der Waals surface area contributed by atoms with Gasteiger partial charge in [0.05, 0.1) is 0 Å². The van der Waals surface area contributed by atoms with Gasteiger partial charge in [-0.15, -0.1) is 0 Å². The Labute approximate surface area is 121 Å². The summed E-state index contributed by atoms with van der Waals surface area (Å²) in [5.41, 5.74) is 3.86. The predicted octanol–water partition coefficient (Wildman–Crippen LogP) is 4.37. The highest BCUT2D eigenvalue weighted by atomic mass is 14.9. The molecule has 0 aromatic heterocycles. The summed E-state index contributed by atoms with van der Waals surface area (Å²) in [6, 6.07) is 19.4. The molecular weight excluding hydrogens is 242 g/mol. The molecule has 2 aromatic rings. The molecule has 0 amide bonds. The summed E-state index contributed by atoms with van der Waals surface area (Å²) in [6.07, 6.45) is 7.17. The molecule has 1 saturated heterocycles. The van der Waals surface area contributed by atoms with Gasteiger partial charge < -0.3 is 5.32 Å². The van der Waals surface area contributed by atoms with Gasteiger partial charge in [-0.2, -0.15) is 0 Å². The highest BCUT2D eigenvalue weighted by molar-refractivity contribution is 5.65. The molecule has 1 aliphatic heterocycles. The lowest BCUT2D eigenvalue weighted by Crippen LogP contribution is -2.26. The van der Waals surface area contributed by atoms with Crippen LogP contribution in [0.15, 0.2) is 60.7 Å². The summed E-state index contributed by atoms with van der Waals surface area (Å²) in [5, 5.41) is 3.40. The Bertz CT molecular complexity index is 548. The summed E-state index contributed by atoms with van der Waals surface area (Å²) >= 11 is 0. The molecule has 1 heteroatoms. The highest BCUT2D eigenvalue weighted by Gasteiger charge is 2.08. The van der Waals surface area contributed by atoms with Crippen LogP contribution in [0.4, 0.5) is 0 Å². The number of rotatable bonds is 3. The monoisotopic (exact) mass is 263 g/mol. The number of nitrogens with one attached hydrogen (secondary N) is 1. The van der Waals surface area contributed by atoms with E-state index in [1.54, 1.807) is 0 Å². The molecule has 1 aliphatic rings. The summed E-state index contributed by atoms with van der Waals surface area (Å²) in [5.74, 6) is 0.741. The number of hydrogen-bond donors (Lipinski definition) is 1. The largest absolute Gasteiger partial charge is 0.317 e. The van der Waals surface area contributed by atoms with Crippen LogP contribution >= 0.6 is 0 Å². The third kappa shape index (κ3) is 3.37. The number of allylic oxidation sites excluding steroid dienone is 1. The van der Waals surface area contributed by atoms with Gasteiger partial charge in [0, 0.05) is 0 Å². The highest BCUT2D eigenvalue weighted by Crippen LogP contribution is 2.20. The summed E-state index contributed by atoms with van der Waals surface area (Å²) in [4.78, 5) is 0. The molecular formula is C19H21N.